The average Bonchev–Trinajstić information content (AvgIpc) is 3.63. The third-order valence-corrected chi connectivity index (χ3v) is 5.91. The van der Waals surface area contributed by atoms with E-state index in [0.717, 1.165) is 25.1 Å². The molecule has 0 radical (unpaired) electrons. The zero-order chi connectivity index (χ0) is 28.3. The monoisotopic (exact) mass is 547 g/mol. The molecule has 1 atom stereocenters. The van der Waals surface area contributed by atoms with Gasteiger partial charge in [-0.1, -0.05) is 18.2 Å². The number of halogens is 3. The van der Waals surface area contributed by atoms with Gasteiger partial charge in [-0.15, -0.1) is 0 Å². The van der Waals surface area contributed by atoms with Gasteiger partial charge in [-0.05, 0) is 36.3 Å². The van der Waals surface area contributed by atoms with Crippen LogP contribution < -0.4 is 22.1 Å². The Bertz CT molecular complexity index is 1510. The van der Waals surface area contributed by atoms with Gasteiger partial charge in [0.15, 0.2) is 17.3 Å². The van der Waals surface area contributed by atoms with Crippen LogP contribution in [0.3, 0.4) is 0 Å². The number of aromatic nitrogens is 5. The van der Waals surface area contributed by atoms with E-state index in [-0.39, 0.29) is 17.8 Å². The Balaban J connectivity index is 0.000000448. The lowest BCUT2D eigenvalue weighted by Gasteiger charge is -2.14. The van der Waals surface area contributed by atoms with Crippen molar-refractivity contribution in [2.45, 2.75) is 32.1 Å². The van der Waals surface area contributed by atoms with Gasteiger partial charge in [0.25, 0.3) is 5.91 Å². The Labute approximate surface area is 218 Å². The fourth-order valence-electron chi connectivity index (χ4n) is 4.10. The van der Waals surface area contributed by atoms with Crippen LogP contribution in [0.25, 0.3) is 33.8 Å². The Morgan fingerprint density at radius 2 is 1.95 bits per heavy atom. The fourth-order valence-corrected chi connectivity index (χ4v) is 4.10. The fraction of sp³-hybridized carbons (Fsp3) is 0.304. The number of rotatable bonds is 5. The molecule has 3 aromatic heterocycles. The van der Waals surface area contributed by atoms with Crippen molar-refractivity contribution in [1.82, 2.24) is 35.5 Å². The number of pyridine rings is 1. The summed E-state index contributed by atoms with van der Waals surface area (Å²) < 4.78 is 38.4. The minimum absolute atomic E-state index is 0.0647. The number of nitrogens with two attached hydrogens (primary N) is 2. The third kappa shape index (κ3) is 5.59. The minimum atomic E-state index is -5.08. The van der Waals surface area contributed by atoms with E-state index < -0.39 is 12.1 Å². The first kappa shape index (κ1) is 27.3. The van der Waals surface area contributed by atoms with Crippen LogP contribution in [0.4, 0.5) is 24.7 Å². The van der Waals surface area contributed by atoms with E-state index in [1.54, 1.807) is 12.3 Å². The number of hydrogen-bond acceptors (Lipinski definition) is 10. The SMILES string of the molecule is CCn1c(-c2nonc2N)nc2c(-c3ccccc3N)ncc(C(=O)NC3CCNC3)c21.O=C(O)C(F)(F)F. The van der Waals surface area contributed by atoms with Crippen molar-refractivity contribution in [3.05, 3.63) is 36.0 Å². The Morgan fingerprint density at radius 3 is 2.51 bits per heavy atom. The van der Waals surface area contributed by atoms with Crippen LogP contribution in [0.1, 0.15) is 23.7 Å². The number of carboxylic acid groups (broad SMARTS) is 1. The van der Waals surface area contributed by atoms with Crippen molar-refractivity contribution in [2.75, 3.05) is 24.6 Å². The predicted octanol–water partition coefficient (Wildman–Crippen LogP) is 2.06. The molecule has 0 spiro atoms. The molecule has 0 bridgehead atoms. The maximum absolute atomic E-state index is 13.2. The topological polar surface area (TPSA) is 200 Å². The number of hydrogen-bond donors (Lipinski definition) is 5. The third-order valence-electron chi connectivity index (χ3n) is 5.91. The molecule has 1 amide bonds. The lowest BCUT2D eigenvalue weighted by atomic mass is 10.1. The molecule has 1 fully saturated rings. The van der Waals surface area contributed by atoms with Crippen LogP contribution in [0.2, 0.25) is 0 Å². The van der Waals surface area contributed by atoms with Gasteiger partial charge in [-0.3, -0.25) is 9.78 Å². The summed E-state index contributed by atoms with van der Waals surface area (Å²) in [6.45, 7) is 4.08. The van der Waals surface area contributed by atoms with E-state index in [4.69, 9.17) is 31.0 Å². The summed E-state index contributed by atoms with van der Waals surface area (Å²) in [4.78, 5) is 31.5. The van der Waals surface area contributed by atoms with Crippen LogP contribution in [0, 0.1) is 0 Å². The van der Waals surface area contributed by atoms with Gasteiger partial charge in [0.05, 0.1) is 11.1 Å². The van der Waals surface area contributed by atoms with Crippen LogP contribution in [0.5, 0.6) is 0 Å². The molecule has 5 rings (SSSR count). The number of carboxylic acids is 1. The van der Waals surface area contributed by atoms with Crippen molar-refractivity contribution in [3.63, 3.8) is 0 Å². The van der Waals surface area contributed by atoms with E-state index >= 15 is 0 Å². The molecule has 16 heteroatoms. The molecule has 4 heterocycles. The summed E-state index contributed by atoms with van der Waals surface area (Å²) >= 11 is 0. The van der Waals surface area contributed by atoms with Crippen molar-refractivity contribution in [2.24, 2.45) is 0 Å². The number of benzene rings is 1. The van der Waals surface area contributed by atoms with Crippen LogP contribution in [0.15, 0.2) is 35.1 Å². The molecule has 1 aliphatic heterocycles. The van der Waals surface area contributed by atoms with E-state index in [1.165, 1.54) is 0 Å². The zero-order valence-electron chi connectivity index (χ0n) is 20.5. The number of carbonyl (C=O) groups excluding carboxylic acids is 1. The second-order valence-electron chi connectivity index (χ2n) is 8.45. The van der Waals surface area contributed by atoms with Gasteiger partial charge in [-0.25, -0.2) is 14.4 Å². The quantitative estimate of drug-likeness (QED) is 0.229. The summed E-state index contributed by atoms with van der Waals surface area (Å²) in [6.07, 6.45) is -2.63. The number of nitrogens with one attached hydrogen (secondary N) is 2. The second-order valence-corrected chi connectivity index (χ2v) is 8.45. The maximum Gasteiger partial charge on any atom is 0.490 e. The molecule has 39 heavy (non-hydrogen) atoms. The molecule has 13 nitrogen and oxygen atoms in total. The number of imidazole rings is 1. The summed E-state index contributed by atoms with van der Waals surface area (Å²) in [6, 6.07) is 7.47. The number of carbonyl (C=O) groups is 2. The zero-order valence-corrected chi connectivity index (χ0v) is 20.5. The van der Waals surface area contributed by atoms with Crippen molar-refractivity contribution in [3.8, 4) is 22.8 Å². The number of alkyl halides is 3. The Kier molecular flexibility index (Phi) is 7.66. The number of fused-ring (bicyclic) bond motifs is 1. The molecular weight excluding hydrogens is 523 g/mol. The van der Waals surface area contributed by atoms with E-state index in [0.29, 0.717) is 46.0 Å². The number of amides is 1. The molecule has 206 valence electrons. The van der Waals surface area contributed by atoms with Gasteiger partial charge in [0.1, 0.15) is 11.2 Å². The Hall–Kier alpha value is -4.73. The summed E-state index contributed by atoms with van der Waals surface area (Å²) in [5.74, 6) is -2.41. The molecule has 0 aliphatic carbocycles. The lowest BCUT2D eigenvalue weighted by molar-refractivity contribution is -0.192. The number of nitrogens with zero attached hydrogens (tertiary/aromatic N) is 5. The molecule has 0 saturated carbocycles. The van der Waals surface area contributed by atoms with E-state index in [1.807, 2.05) is 29.7 Å². The highest BCUT2D eigenvalue weighted by molar-refractivity contribution is 6.09. The van der Waals surface area contributed by atoms with Gasteiger partial charge in [-0.2, -0.15) is 13.2 Å². The predicted molar refractivity (Wildman–Crippen MR) is 133 cm³/mol. The number of para-hydroxylation sites is 1. The highest BCUT2D eigenvalue weighted by Gasteiger charge is 2.38. The molecule has 1 aromatic carbocycles. The van der Waals surface area contributed by atoms with Gasteiger partial charge < -0.3 is 31.8 Å². The normalized spacial score (nSPS) is 15.1. The van der Waals surface area contributed by atoms with Crippen molar-refractivity contribution in [1.29, 1.82) is 0 Å². The van der Waals surface area contributed by atoms with Crippen molar-refractivity contribution >= 4 is 34.4 Å². The van der Waals surface area contributed by atoms with Gasteiger partial charge in [0, 0.05) is 36.6 Å². The van der Waals surface area contributed by atoms with E-state index in [9.17, 15) is 18.0 Å². The highest BCUT2D eigenvalue weighted by atomic mass is 19.4. The van der Waals surface area contributed by atoms with Crippen LogP contribution in [-0.4, -0.2) is 67.1 Å². The smallest absolute Gasteiger partial charge is 0.475 e. The molecule has 1 aliphatic rings. The second kappa shape index (κ2) is 10.9. The van der Waals surface area contributed by atoms with Gasteiger partial charge in [0.2, 0.25) is 0 Å². The van der Waals surface area contributed by atoms with Crippen molar-refractivity contribution < 1.29 is 32.5 Å². The number of anilines is 2. The molecule has 7 N–H and O–H groups in total. The average molecular weight is 547 g/mol. The number of aryl methyl sites for hydroxylation is 1. The van der Waals surface area contributed by atoms with Gasteiger partial charge >= 0.3 is 12.1 Å². The number of nitrogen functional groups attached to an aromatic ring is 2. The highest BCUT2D eigenvalue weighted by Crippen LogP contribution is 2.35. The summed E-state index contributed by atoms with van der Waals surface area (Å²) in [5, 5.41) is 21.1. The molecule has 1 saturated heterocycles. The molecule has 1 unspecified atom stereocenters. The molecule has 4 aromatic rings. The first-order valence-corrected chi connectivity index (χ1v) is 11.7. The maximum atomic E-state index is 13.2. The van der Waals surface area contributed by atoms with Crippen LogP contribution in [-0.2, 0) is 11.3 Å². The minimum Gasteiger partial charge on any atom is -0.475 e. The first-order chi connectivity index (χ1) is 18.5. The lowest BCUT2D eigenvalue weighted by Crippen LogP contribution is -2.36. The first-order valence-electron chi connectivity index (χ1n) is 11.7. The standard InChI is InChI=1S/C21H23N9O2.C2HF3O2/c1-2-30-18-13(21(31)26-11-7-8-24-9-11)10-25-15(12-5-3-4-6-14(12)22)16(18)27-20(30)17-19(23)29-32-28-17;3-2(4,5)1(6)7/h3-6,10-11,24H,2,7-9,22H2,1H3,(H2,23,29)(H,26,31);(H,6,7). The molecular formula is C23H24F3N9O4. The largest absolute Gasteiger partial charge is 0.490 e. The summed E-state index contributed by atoms with van der Waals surface area (Å²) in [5.41, 5.74) is 15.9. The number of aliphatic carboxylic acids is 1. The summed E-state index contributed by atoms with van der Waals surface area (Å²) in [7, 11) is 0. The van der Waals surface area contributed by atoms with Crippen LogP contribution >= 0.6 is 0 Å². The van der Waals surface area contributed by atoms with E-state index in [2.05, 4.69) is 25.9 Å². The Morgan fingerprint density at radius 1 is 1.23 bits per heavy atom.